The summed E-state index contributed by atoms with van der Waals surface area (Å²) in [5.41, 5.74) is 4.06. The van der Waals surface area contributed by atoms with Gasteiger partial charge in [0.15, 0.2) is 0 Å². The van der Waals surface area contributed by atoms with Crippen molar-refractivity contribution >= 4 is 5.69 Å². The van der Waals surface area contributed by atoms with Gasteiger partial charge in [0.05, 0.1) is 4.92 Å². The summed E-state index contributed by atoms with van der Waals surface area (Å²) in [5.74, 6) is -0.905. The Labute approximate surface area is 168 Å². The van der Waals surface area contributed by atoms with E-state index in [0.29, 0.717) is 0 Å². The van der Waals surface area contributed by atoms with Gasteiger partial charge in [0, 0.05) is 23.6 Å². The second-order valence-electron chi connectivity index (χ2n) is 6.79. The van der Waals surface area contributed by atoms with Gasteiger partial charge in [-0.3, -0.25) is 10.1 Å². The lowest BCUT2D eigenvalue weighted by molar-refractivity contribution is -0.385. The Hall–Kier alpha value is -3.79. The number of hydrogen-bond donors (Lipinski definition) is 0. The van der Waals surface area contributed by atoms with Gasteiger partial charge in [-0.05, 0) is 28.3 Å². The molecule has 0 bridgehead atoms. The molecule has 0 radical (unpaired) electrons. The Bertz CT molecular complexity index is 1130. The summed E-state index contributed by atoms with van der Waals surface area (Å²) in [6, 6.07) is 31.1. The number of nitro benzene ring substituents is 1. The molecular weight excluding hydrogens is 365 g/mol. The molecule has 4 rings (SSSR count). The maximum absolute atomic E-state index is 14.8. The lowest BCUT2D eigenvalue weighted by atomic mass is 9.84. The monoisotopic (exact) mass is 383 g/mol. The van der Waals surface area contributed by atoms with Crippen LogP contribution in [0, 0.1) is 15.9 Å². The molecule has 3 nitrogen and oxygen atoms in total. The third-order valence-electron chi connectivity index (χ3n) is 4.99. The third kappa shape index (κ3) is 3.92. The minimum Gasteiger partial charge on any atom is -0.258 e. The van der Waals surface area contributed by atoms with Crippen molar-refractivity contribution in [3.63, 3.8) is 0 Å². The Kier molecular flexibility index (Phi) is 5.16. The molecule has 4 heteroatoms. The third-order valence-corrected chi connectivity index (χ3v) is 4.99. The van der Waals surface area contributed by atoms with Crippen LogP contribution in [0.4, 0.5) is 10.1 Å². The van der Waals surface area contributed by atoms with Crippen LogP contribution in [0.15, 0.2) is 103 Å². The van der Waals surface area contributed by atoms with Crippen molar-refractivity contribution < 1.29 is 9.31 Å². The van der Waals surface area contributed by atoms with E-state index in [1.54, 1.807) is 0 Å². The molecule has 1 unspecified atom stereocenters. The number of benzene rings is 4. The van der Waals surface area contributed by atoms with E-state index >= 15 is 0 Å². The zero-order valence-electron chi connectivity index (χ0n) is 15.5. The number of rotatable bonds is 5. The molecule has 0 fully saturated rings. The number of nitro groups is 1. The zero-order chi connectivity index (χ0) is 20.2. The first kappa shape index (κ1) is 18.6. The van der Waals surface area contributed by atoms with Gasteiger partial charge in [-0.2, -0.15) is 0 Å². The summed E-state index contributed by atoms with van der Waals surface area (Å²) < 4.78 is 14.8. The van der Waals surface area contributed by atoms with Crippen molar-refractivity contribution in [1.82, 2.24) is 0 Å². The van der Waals surface area contributed by atoms with Crippen molar-refractivity contribution in [3.8, 4) is 11.1 Å². The van der Waals surface area contributed by atoms with E-state index in [1.165, 1.54) is 18.2 Å². The second-order valence-corrected chi connectivity index (χ2v) is 6.79. The van der Waals surface area contributed by atoms with E-state index in [-0.39, 0.29) is 11.3 Å². The molecule has 142 valence electrons. The SMILES string of the molecule is O=[N+]([O-])c1ccc(F)c(C(c2ccccc2)c2ccc(-c3ccccc3)cc2)c1. The minimum atomic E-state index is -0.497. The standard InChI is InChI=1S/C25H18FNO2/c26-24-16-15-22(27(28)29)17-23(24)25(20-9-5-2-6-10-20)21-13-11-19(12-14-21)18-7-3-1-4-8-18/h1-17,25H. The fourth-order valence-electron chi connectivity index (χ4n) is 3.56. The van der Waals surface area contributed by atoms with E-state index < -0.39 is 16.7 Å². The largest absolute Gasteiger partial charge is 0.269 e. The van der Waals surface area contributed by atoms with E-state index in [9.17, 15) is 14.5 Å². The molecule has 0 spiro atoms. The van der Waals surface area contributed by atoms with Crippen LogP contribution in [-0.4, -0.2) is 4.92 Å². The summed E-state index contributed by atoms with van der Waals surface area (Å²) in [5, 5.41) is 11.2. The predicted molar refractivity (Wildman–Crippen MR) is 112 cm³/mol. The lowest BCUT2D eigenvalue weighted by Gasteiger charge is -2.20. The fraction of sp³-hybridized carbons (Fsp3) is 0.0400. The van der Waals surface area contributed by atoms with Gasteiger partial charge in [0.1, 0.15) is 5.82 Å². The molecule has 0 aliphatic heterocycles. The molecule has 0 aromatic heterocycles. The molecule has 29 heavy (non-hydrogen) atoms. The first-order chi connectivity index (χ1) is 14.1. The van der Waals surface area contributed by atoms with Gasteiger partial charge >= 0.3 is 0 Å². The summed E-state index contributed by atoms with van der Waals surface area (Å²) in [6.07, 6.45) is 0. The molecular formula is C25H18FNO2. The van der Waals surface area contributed by atoms with Crippen molar-refractivity contribution in [1.29, 1.82) is 0 Å². The molecule has 0 saturated heterocycles. The Morgan fingerprint density at radius 1 is 0.690 bits per heavy atom. The summed E-state index contributed by atoms with van der Waals surface area (Å²) in [7, 11) is 0. The van der Waals surface area contributed by atoms with Crippen LogP contribution in [0.2, 0.25) is 0 Å². The van der Waals surface area contributed by atoms with Crippen LogP contribution < -0.4 is 0 Å². The fourth-order valence-corrected chi connectivity index (χ4v) is 3.56. The first-order valence-corrected chi connectivity index (χ1v) is 9.27. The maximum atomic E-state index is 14.8. The number of non-ortho nitro benzene ring substituents is 1. The van der Waals surface area contributed by atoms with Gasteiger partial charge in [0.25, 0.3) is 5.69 Å². The van der Waals surface area contributed by atoms with Gasteiger partial charge < -0.3 is 0 Å². The van der Waals surface area contributed by atoms with Crippen LogP contribution in [0.1, 0.15) is 22.6 Å². The van der Waals surface area contributed by atoms with E-state index in [0.717, 1.165) is 22.3 Å². The number of nitrogens with zero attached hydrogens (tertiary/aromatic N) is 1. The van der Waals surface area contributed by atoms with Gasteiger partial charge in [-0.25, -0.2) is 4.39 Å². The van der Waals surface area contributed by atoms with Crippen LogP contribution in [0.5, 0.6) is 0 Å². The quantitative estimate of drug-likeness (QED) is 0.222. The van der Waals surface area contributed by atoms with Crippen molar-refractivity contribution in [3.05, 3.63) is 136 Å². The lowest BCUT2D eigenvalue weighted by Crippen LogP contribution is -2.06. The van der Waals surface area contributed by atoms with Crippen molar-refractivity contribution in [2.75, 3.05) is 0 Å². The van der Waals surface area contributed by atoms with E-state index in [1.807, 2.05) is 84.9 Å². The van der Waals surface area contributed by atoms with Crippen molar-refractivity contribution in [2.24, 2.45) is 0 Å². The van der Waals surface area contributed by atoms with E-state index in [4.69, 9.17) is 0 Å². The van der Waals surface area contributed by atoms with Crippen LogP contribution in [-0.2, 0) is 0 Å². The van der Waals surface area contributed by atoms with E-state index in [2.05, 4.69) is 0 Å². The van der Waals surface area contributed by atoms with Crippen LogP contribution in [0.3, 0.4) is 0 Å². The maximum Gasteiger partial charge on any atom is 0.269 e. The Balaban J connectivity index is 1.83. The average molecular weight is 383 g/mol. The molecule has 4 aromatic rings. The van der Waals surface area contributed by atoms with Crippen molar-refractivity contribution in [2.45, 2.75) is 5.92 Å². The molecule has 0 aliphatic rings. The van der Waals surface area contributed by atoms with Gasteiger partial charge in [0.2, 0.25) is 0 Å². The summed E-state index contributed by atoms with van der Waals surface area (Å²) in [6.45, 7) is 0. The molecule has 0 aliphatic carbocycles. The number of halogens is 1. The highest BCUT2D eigenvalue weighted by Gasteiger charge is 2.23. The Morgan fingerprint density at radius 3 is 1.86 bits per heavy atom. The molecule has 0 amide bonds. The number of hydrogen-bond acceptors (Lipinski definition) is 2. The smallest absolute Gasteiger partial charge is 0.258 e. The second kappa shape index (κ2) is 8.07. The molecule has 0 heterocycles. The predicted octanol–water partition coefficient (Wildman–Crippen LogP) is 6.58. The summed E-state index contributed by atoms with van der Waals surface area (Å²) in [4.78, 5) is 10.7. The van der Waals surface area contributed by atoms with Gasteiger partial charge in [-0.15, -0.1) is 0 Å². The highest BCUT2D eigenvalue weighted by Crippen LogP contribution is 2.36. The first-order valence-electron chi connectivity index (χ1n) is 9.27. The van der Waals surface area contributed by atoms with Crippen LogP contribution in [0.25, 0.3) is 11.1 Å². The Morgan fingerprint density at radius 2 is 1.24 bits per heavy atom. The molecule has 0 N–H and O–H groups in total. The highest BCUT2D eigenvalue weighted by atomic mass is 19.1. The normalized spacial score (nSPS) is 11.8. The zero-order valence-corrected chi connectivity index (χ0v) is 15.5. The average Bonchev–Trinajstić information content (AvgIpc) is 2.77. The molecule has 0 saturated carbocycles. The molecule has 4 aromatic carbocycles. The summed E-state index contributed by atoms with van der Waals surface area (Å²) >= 11 is 0. The highest BCUT2D eigenvalue weighted by molar-refractivity contribution is 5.64. The minimum absolute atomic E-state index is 0.122. The molecule has 1 atom stereocenters. The topological polar surface area (TPSA) is 43.1 Å². The van der Waals surface area contributed by atoms with Crippen LogP contribution >= 0.6 is 0 Å². The van der Waals surface area contributed by atoms with Gasteiger partial charge in [-0.1, -0.05) is 84.9 Å².